The molecule has 1 atom stereocenters. The second kappa shape index (κ2) is 8.80. The Kier molecular flexibility index (Phi) is 6.22. The van der Waals surface area contributed by atoms with Crippen molar-refractivity contribution in [2.24, 2.45) is 5.92 Å². The Morgan fingerprint density at radius 2 is 1.85 bits per heavy atom. The lowest BCUT2D eigenvalue weighted by molar-refractivity contribution is -0.124. The maximum Gasteiger partial charge on any atom is 0.258 e. The molecule has 5 nitrogen and oxygen atoms in total. The molecule has 0 spiro atoms. The van der Waals surface area contributed by atoms with Crippen LogP contribution >= 0.6 is 0 Å². The predicted molar refractivity (Wildman–Crippen MR) is 104 cm³/mol. The molecule has 2 aromatic rings. The fourth-order valence-corrected chi connectivity index (χ4v) is 3.18. The third-order valence-corrected chi connectivity index (χ3v) is 4.62. The summed E-state index contributed by atoms with van der Waals surface area (Å²) in [6.07, 6.45) is 0.865. The van der Waals surface area contributed by atoms with Crippen LogP contribution in [0, 0.1) is 5.92 Å². The van der Waals surface area contributed by atoms with Crippen molar-refractivity contribution < 1.29 is 19.0 Å². The van der Waals surface area contributed by atoms with Gasteiger partial charge in [-0.15, -0.1) is 0 Å². The zero-order chi connectivity index (χ0) is 19.2. The molecule has 3 rings (SSSR count). The number of nitrogens with one attached hydrogen (secondary N) is 1. The second-order valence-electron chi connectivity index (χ2n) is 6.94. The van der Waals surface area contributed by atoms with Crippen LogP contribution in [0.4, 0.5) is 0 Å². The van der Waals surface area contributed by atoms with Crippen LogP contribution in [0.3, 0.4) is 0 Å². The lowest BCUT2D eigenvalue weighted by Crippen LogP contribution is -2.35. The number of hydrogen-bond acceptors (Lipinski definition) is 4. The van der Waals surface area contributed by atoms with Gasteiger partial charge in [0, 0.05) is 0 Å². The van der Waals surface area contributed by atoms with Gasteiger partial charge in [0.05, 0.1) is 6.04 Å². The summed E-state index contributed by atoms with van der Waals surface area (Å²) in [6.45, 7) is 7.32. The Hall–Kier alpha value is -2.69. The molecule has 0 aliphatic carbocycles. The van der Waals surface area contributed by atoms with Crippen molar-refractivity contribution in [3.05, 3.63) is 53.6 Å². The lowest BCUT2D eigenvalue weighted by Gasteiger charge is -2.25. The molecule has 5 heteroatoms. The van der Waals surface area contributed by atoms with Crippen LogP contribution in [0.5, 0.6) is 17.2 Å². The van der Waals surface area contributed by atoms with E-state index in [2.05, 4.69) is 26.1 Å². The highest BCUT2D eigenvalue weighted by atomic mass is 16.6. The monoisotopic (exact) mass is 369 g/mol. The summed E-state index contributed by atoms with van der Waals surface area (Å²) >= 11 is 0. The average Bonchev–Trinajstić information content (AvgIpc) is 2.70. The number of carbonyl (C=O) groups excluding carboxylic acids is 1. The van der Waals surface area contributed by atoms with Gasteiger partial charge in [-0.3, -0.25) is 4.79 Å². The zero-order valence-corrected chi connectivity index (χ0v) is 16.2. The Bertz CT molecular complexity index is 788. The molecule has 1 heterocycles. The van der Waals surface area contributed by atoms with Gasteiger partial charge in [0.15, 0.2) is 18.1 Å². The molecular formula is C22H27NO4. The van der Waals surface area contributed by atoms with Crippen LogP contribution in [-0.2, 0) is 11.2 Å². The number of hydrogen-bond donors (Lipinski definition) is 1. The van der Waals surface area contributed by atoms with E-state index < -0.39 is 0 Å². The number of carbonyl (C=O) groups is 1. The number of ether oxygens (including phenoxy) is 3. The normalized spacial score (nSPS) is 13.9. The molecular weight excluding hydrogens is 342 g/mol. The van der Waals surface area contributed by atoms with Crippen LogP contribution < -0.4 is 19.5 Å². The second-order valence-corrected chi connectivity index (χ2v) is 6.94. The number of amides is 1. The van der Waals surface area contributed by atoms with E-state index >= 15 is 0 Å². The molecule has 0 aromatic heterocycles. The van der Waals surface area contributed by atoms with E-state index in [0.717, 1.165) is 34.8 Å². The fraction of sp³-hybridized carbons (Fsp3) is 0.409. The molecule has 1 aliphatic heterocycles. The van der Waals surface area contributed by atoms with Crippen molar-refractivity contribution in [1.82, 2.24) is 5.32 Å². The molecule has 0 saturated heterocycles. The summed E-state index contributed by atoms with van der Waals surface area (Å²) in [5.74, 6) is 2.31. The molecule has 1 unspecified atom stereocenters. The topological polar surface area (TPSA) is 56.8 Å². The number of para-hydroxylation sites is 1. The van der Waals surface area contributed by atoms with Gasteiger partial charge in [-0.2, -0.15) is 0 Å². The summed E-state index contributed by atoms with van der Waals surface area (Å²) in [5, 5.41) is 3.09. The highest BCUT2D eigenvalue weighted by molar-refractivity contribution is 5.78. The van der Waals surface area contributed by atoms with E-state index in [1.807, 2.05) is 42.5 Å². The van der Waals surface area contributed by atoms with E-state index in [4.69, 9.17) is 14.2 Å². The molecule has 0 radical (unpaired) electrons. The van der Waals surface area contributed by atoms with Gasteiger partial charge in [-0.25, -0.2) is 0 Å². The van der Waals surface area contributed by atoms with Crippen LogP contribution in [0.2, 0.25) is 0 Å². The quantitative estimate of drug-likeness (QED) is 0.804. The number of rotatable bonds is 7. The average molecular weight is 369 g/mol. The lowest BCUT2D eigenvalue weighted by atomic mass is 9.95. The highest BCUT2D eigenvalue weighted by Crippen LogP contribution is 2.34. The first kappa shape index (κ1) is 19.1. The van der Waals surface area contributed by atoms with E-state index in [-0.39, 0.29) is 24.5 Å². The number of aryl methyl sites for hydroxylation is 1. The molecule has 1 amide bonds. The first-order valence-corrected chi connectivity index (χ1v) is 9.48. The predicted octanol–water partition coefficient (Wildman–Crippen LogP) is 3.91. The first-order chi connectivity index (χ1) is 13.1. The molecule has 1 aliphatic rings. The summed E-state index contributed by atoms with van der Waals surface area (Å²) in [5.41, 5.74) is 2.09. The molecule has 144 valence electrons. The maximum atomic E-state index is 12.5. The van der Waals surface area contributed by atoms with Crippen molar-refractivity contribution in [3.8, 4) is 17.2 Å². The van der Waals surface area contributed by atoms with Crippen LogP contribution in [-0.4, -0.2) is 25.7 Å². The van der Waals surface area contributed by atoms with Crippen molar-refractivity contribution in [2.45, 2.75) is 33.2 Å². The Morgan fingerprint density at radius 1 is 1.11 bits per heavy atom. The van der Waals surface area contributed by atoms with Gasteiger partial charge in [0.25, 0.3) is 5.91 Å². The molecule has 1 N–H and O–H groups in total. The summed E-state index contributed by atoms with van der Waals surface area (Å²) in [4.78, 5) is 12.5. The van der Waals surface area contributed by atoms with Gasteiger partial charge in [-0.1, -0.05) is 45.0 Å². The van der Waals surface area contributed by atoms with Crippen LogP contribution in [0.1, 0.15) is 37.9 Å². The fourth-order valence-electron chi connectivity index (χ4n) is 3.18. The van der Waals surface area contributed by atoms with Crippen molar-refractivity contribution in [2.75, 3.05) is 19.8 Å². The van der Waals surface area contributed by atoms with Gasteiger partial charge in [0.2, 0.25) is 0 Å². The smallest absolute Gasteiger partial charge is 0.258 e. The molecule has 0 fully saturated rings. The highest BCUT2D eigenvalue weighted by Gasteiger charge is 2.21. The number of benzene rings is 2. The van der Waals surface area contributed by atoms with Gasteiger partial charge in [0.1, 0.15) is 19.0 Å². The van der Waals surface area contributed by atoms with Crippen molar-refractivity contribution >= 4 is 5.91 Å². The largest absolute Gasteiger partial charge is 0.486 e. The third kappa shape index (κ3) is 4.73. The Morgan fingerprint density at radius 3 is 2.59 bits per heavy atom. The van der Waals surface area contributed by atoms with Crippen LogP contribution in [0.15, 0.2) is 42.5 Å². The minimum atomic E-state index is -0.144. The van der Waals surface area contributed by atoms with Crippen molar-refractivity contribution in [1.29, 1.82) is 0 Å². The summed E-state index contributed by atoms with van der Waals surface area (Å²) in [6, 6.07) is 13.5. The van der Waals surface area contributed by atoms with Crippen molar-refractivity contribution in [3.63, 3.8) is 0 Å². The minimum absolute atomic E-state index is 0.00914. The minimum Gasteiger partial charge on any atom is -0.486 e. The molecule has 27 heavy (non-hydrogen) atoms. The van der Waals surface area contributed by atoms with E-state index in [9.17, 15) is 4.79 Å². The SMILES string of the molecule is CCc1ccccc1OCC(=O)NC(c1ccc2c(c1)OCCO2)C(C)C. The molecule has 0 bridgehead atoms. The van der Waals surface area contributed by atoms with Gasteiger partial charge >= 0.3 is 0 Å². The molecule has 0 saturated carbocycles. The van der Waals surface area contributed by atoms with E-state index in [1.54, 1.807) is 0 Å². The van der Waals surface area contributed by atoms with Gasteiger partial charge in [-0.05, 0) is 41.7 Å². The summed E-state index contributed by atoms with van der Waals surface area (Å²) in [7, 11) is 0. The van der Waals surface area contributed by atoms with Gasteiger partial charge < -0.3 is 19.5 Å². The first-order valence-electron chi connectivity index (χ1n) is 9.48. The maximum absolute atomic E-state index is 12.5. The molecule has 2 aromatic carbocycles. The standard InChI is InChI=1S/C22H27NO4/c1-4-16-7-5-6-8-18(16)27-14-21(24)23-22(15(2)3)17-9-10-19-20(13-17)26-12-11-25-19/h5-10,13,15,22H,4,11-12,14H2,1-3H3,(H,23,24). The number of fused-ring (bicyclic) bond motifs is 1. The summed E-state index contributed by atoms with van der Waals surface area (Å²) < 4.78 is 17.0. The third-order valence-electron chi connectivity index (χ3n) is 4.62. The Balaban J connectivity index is 1.66. The Labute approximate surface area is 160 Å². The van der Waals surface area contributed by atoms with E-state index in [1.165, 1.54) is 0 Å². The van der Waals surface area contributed by atoms with Crippen LogP contribution in [0.25, 0.3) is 0 Å². The zero-order valence-electron chi connectivity index (χ0n) is 16.2. The van der Waals surface area contributed by atoms with E-state index in [0.29, 0.717) is 13.2 Å².